The van der Waals surface area contributed by atoms with Gasteiger partial charge >= 0.3 is 0 Å². The van der Waals surface area contributed by atoms with Crippen LogP contribution in [0, 0.1) is 6.92 Å². The second kappa shape index (κ2) is 8.21. The van der Waals surface area contributed by atoms with Gasteiger partial charge in [-0.25, -0.2) is 0 Å². The van der Waals surface area contributed by atoms with Crippen molar-refractivity contribution in [1.29, 1.82) is 0 Å². The fraction of sp³-hybridized carbons (Fsp3) is 0.167. The summed E-state index contributed by atoms with van der Waals surface area (Å²) in [5.41, 5.74) is 1.26. The number of amides is 3. The minimum absolute atomic E-state index is 0.0524. The molecule has 1 fully saturated rings. The molecule has 6 nitrogen and oxygen atoms in total. The van der Waals surface area contributed by atoms with Crippen LogP contribution in [0.25, 0.3) is 6.08 Å². The zero-order valence-corrected chi connectivity index (χ0v) is 16.5. The monoisotopic (exact) mass is 424 g/mol. The number of thioether (sulfide) groups is 1. The van der Waals surface area contributed by atoms with Gasteiger partial charge in [0.1, 0.15) is 0 Å². The second-order valence-electron chi connectivity index (χ2n) is 5.67. The Labute approximate surface area is 169 Å². The summed E-state index contributed by atoms with van der Waals surface area (Å²) < 4.78 is 5.10. The van der Waals surface area contributed by atoms with Crippen LogP contribution in [-0.4, -0.2) is 35.0 Å². The minimum atomic E-state index is -0.440. The molecule has 0 unspecified atom stereocenters. The molecular formula is C18H14Cl2N2O4S. The average Bonchev–Trinajstić information content (AvgIpc) is 3.17. The fourth-order valence-electron chi connectivity index (χ4n) is 2.43. The molecule has 1 aromatic heterocycles. The van der Waals surface area contributed by atoms with Crippen molar-refractivity contribution >= 4 is 58.1 Å². The van der Waals surface area contributed by atoms with Crippen molar-refractivity contribution in [3.05, 3.63) is 62.4 Å². The quantitative estimate of drug-likeness (QED) is 0.721. The van der Waals surface area contributed by atoms with Crippen LogP contribution in [0.5, 0.6) is 0 Å². The Morgan fingerprint density at radius 3 is 2.78 bits per heavy atom. The largest absolute Gasteiger partial charge is 0.459 e. The molecule has 3 rings (SSSR count). The predicted octanol–water partition coefficient (Wildman–Crippen LogP) is 4.36. The Kier molecular flexibility index (Phi) is 5.94. The minimum Gasteiger partial charge on any atom is -0.459 e. The molecule has 2 aromatic rings. The Morgan fingerprint density at radius 1 is 1.30 bits per heavy atom. The molecule has 3 amide bonds. The Morgan fingerprint density at radius 2 is 2.07 bits per heavy atom. The van der Waals surface area contributed by atoms with Gasteiger partial charge in [-0.1, -0.05) is 35.3 Å². The second-order valence-corrected chi connectivity index (χ2v) is 7.44. The van der Waals surface area contributed by atoms with Crippen LogP contribution in [0.3, 0.4) is 0 Å². The molecule has 0 spiro atoms. The van der Waals surface area contributed by atoms with Crippen LogP contribution in [0.15, 0.2) is 39.9 Å². The van der Waals surface area contributed by atoms with E-state index in [0.717, 1.165) is 16.7 Å². The maximum atomic E-state index is 12.5. The third kappa shape index (κ3) is 4.21. The van der Waals surface area contributed by atoms with E-state index in [1.807, 2.05) is 0 Å². The van der Waals surface area contributed by atoms with E-state index < -0.39 is 17.1 Å². The molecule has 9 heteroatoms. The third-order valence-corrected chi connectivity index (χ3v) is 5.57. The zero-order valence-electron chi connectivity index (χ0n) is 14.1. The van der Waals surface area contributed by atoms with Crippen molar-refractivity contribution < 1.29 is 18.8 Å². The lowest BCUT2D eigenvalue weighted by molar-refractivity contribution is -0.122. The van der Waals surface area contributed by atoms with Crippen molar-refractivity contribution in [3.8, 4) is 0 Å². The van der Waals surface area contributed by atoms with Crippen LogP contribution < -0.4 is 5.32 Å². The highest BCUT2D eigenvalue weighted by Gasteiger charge is 2.34. The molecule has 0 saturated carbocycles. The van der Waals surface area contributed by atoms with Crippen LogP contribution in [-0.2, 0) is 4.79 Å². The Hall–Kier alpha value is -2.22. The predicted molar refractivity (Wildman–Crippen MR) is 105 cm³/mol. The first-order chi connectivity index (χ1) is 12.9. The summed E-state index contributed by atoms with van der Waals surface area (Å²) in [6, 6.07) is 6.72. The van der Waals surface area contributed by atoms with Crippen LogP contribution in [0.4, 0.5) is 4.79 Å². The van der Waals surface area contributed by atoms with E-state index >= 15 is 0 Å². The first kappa shape index (κ1) is 19.5. The molecular weight excluding hydrogens is 411 g/mol. The van der Waals surface area contributed by atoms with Crippen molar-refractivity contribution in [1.82, 2.24) is 10.2 Å². The highest BCUT2D eigenvalue weighted by Crippen LogP contribution is 2.34. The summed E-state index contributed by atoms with van der Waals surface area (Å²) in [6.07, 6.45) is 2.95. The number of nitrogens with one attached hydrogen (secondary N) is 1. The highest BCUT2D eigenvalue weighted by molar-refractivity contribution is 8.18. The standard InChI is InChI=1S/C18H14Cl2N2O4S/c1-10-5-8-26-15(10)16(23)21-6-7-22-17(24)13(27-18(22)25)9-11-3-2-4-12(19)14(11)20/h2-5,8-9H,6-7H2,1H3,(H,21,23). The number of benzene rings is 1. The number of furan rings is 1. The van der Waals surface area contributed by atoms with Gasteiger partial charge in [-0.2, -0.15) is 0 Å². The van der Waals surface area contributed by atoms with E-state index in [1.165, 1.54) is 12.3 Å². The number of imide groups is 1. The summed E-state index contributed by atoms with van der Waals surface area (Å²) in [7, 11) is 0. The number of hydrogen-bond donors (Lipinski definition) is 1. The molecule has 1 aliphatic heterocycles. The molecule has 27 heavy (non-hydrogen) atoms. The molecule has 1 aromatic carbocycles. The van der Waals surface area contributed by atoms with Crippen molar-refractivity contribution in [2.24, 2.45) is 0 Å². The Balaban J connectivity index is 1.64. The number of nitrogens with zero attached hydrogens (tertiary/aromatic N) is 1. The van der Waals surface area contributed by atoms with Crippen LogP contribution >= 0.6 is 35.0 Å². The van der Waals surface area contributed by atoms with Crippen LogP contribution in [0.1, 0.15) is 21.7 Å². The maximum absolute atomic E-state index is 12.5. The average molecular weight is 425 g/mol. The van der Waals surface area contributed by atoms with Crippen molar-refractivity contribution in [3.63, 3.8) is 0 Å². The number of carbonyl (C=O) groups excluding carboxylic acids is 3. The van der Waals surface area contributed by atoms with Crippen LogP contribution in [0.2, 0.25) is 10.0 Å². The molecule has 2 heterocycles. The molecule has 1 N–H and O–H groups in total. The number of aryl methyl sites for hydroxylation is 1. The lowest BCUT2D eigenvalue weighted by Gasteiger charge is -2.12. The van der Waals surface area contributed by atoms with E-state index in [0.29, 0.717) is 21.2 Å². The molecule has 0 atom stereocenters. The van der Waals surface area contributed by atoms with Gasteiger partial charge in [-0.3, -0.25) is 19.3 Å². The molecule has 0 radical (unpaired) electrons. The van der Waals surface area contributed by atoms with E-state index in [1.54, 1.807) is 31.2 Å². The summed E-state index contributed by atoms with van der Waals surface area (Å²) >= 11 is 12.9. The topological polar surface area (TPSA) is 79.6 Å². The van der Waals surface area contributed by atoms with Crippen molar-refractivity contribution in [2.75, 3.05) is 13.1 Å². The first-order valence-electron chi connectivity index (χ1n) is 7.90. The number of carbonyl (C=O) groups is 3. The lowest BCUT2D eigenvalue weighted by atomic mass is 10.2. The van der Waals surface area contributed by atoms with Gasteiger partial charge in [-0.05, 0) is 42.5 Å². The normalized spacial score (nSPS) is 15.7. The highest BCUT2D eigenvalue weighted by atomic mass is 35.5. The SMILES string of the molecule is Cc1ccoc1C(=O)NCCN1C(=O)SC(=Cc2cccc(Cl)c2Cl)C1=O. The molecule has 0 aliphatic carbocycles. The summed E-state index contributed by atoms with van der Waals surface area (Å²) in [5.74, 6) is -0.630. The van der Waals surface area contributed by atoms with E-state index in [-0.39, 0.29) is 23.8 Å². The van der Waals surface area contributed by atoms with Gasteiger partial charge in [0, 0.05) is 18.7 Å². The molecule has 1 saturated heterocycles. The summed E-state index contributed by atoms with van der Waals surface area (Å²) in [4.78, 5) is 37.9. The van der Waals surface area contributed by atoms with Gasteiger partial charge in [-0.15, -0.1) is 0 Å². The van der Waals surface area contributed by atoms with E-state index in [4.69, 9.17) is 27.6 Å². The summed E-state index contributed by atoms with van der Waals surface area (Å²) in [5, 5.41) is 2.89. The third-order valence-electron chi connectivity index (χ3n) is 3.83. The lowest BCUT2D eigenvalue weighted by Crippen LogP contribution is -2.37. The van der Waals surface area contributed by atoms with E-state index in [9.17, 15) is 14.4 Å². The maximum Gasteiger partial charge on any atom is 0.293 e. The first-order valence-corrected chi connectivity index (χ1v) is 9.47. The van der Waals surface area contributed by atoms with Gasteiger partial charge in [0.25, 0.3) is 17.1 Å². The Bertz CT molecular complexity index is 955. The zero-order chi connectivity index (χ0) is 19.6. The summed E-state index contributed by atoms with van der Waals surface area (Å²) in [6.45, 7) is 1.92. The van der Waals surface area contributed by atoms with Crippen molar-refractivity contribution in [2.45, 2.75) is 6.92 Å². The fourth-order valence-corrected chi connectivity index (χ4v) is 3.65. The molecule has 140 valence electrons. The van der Waals surface area contributed by atoms with Gasteiger partial charge in [0.2, 0.25) is 0 Å². The van der Waals surface area contributed by atoms with E-state index in [2.05, 4.69) is 5.32 Å². The number of halogens is 2. The van der Waals surface area contributed by atoms with Gasteiger partial charge in [0.05, 0.1) is 21.2 Å². The van der Waals surface area contributed by atoms with Gasteiger partial charge < -0.3 is 9.73 Å². The molecule has 0 bridgehead atoms. The van der Waals surface area contributed by atoms with Gasteiger partial charge in [0.15, 0.2) is 5.76 Å². The molecule has 1 aliphatic rings. The number of rotatable bonds is 5. The smallest absolute Gasteiger partial charge is 0.293 e. The number of hydrogen-bond acceptors (Lipinski definition) is 5.